The summed E-state index contributed by atoms with van der Waals surface area (Å²) in [5, 5.41) is 13.1. The van der Waals surface area contributed by atoms with E-state index < -0.39 is 0 Å². The summed E-state index contributed by atoms with van der Waals surface area (Å²) in [7, 11) is 1.62. The Morgan fingerprint density at radius 2 is 1.85 bits per heavy atom. The summed E-state index contributed by atoms with van der Waals surface area (Å²) in [4.78, 5) is 11.7. The number of anilines is 1. The summed E-state index contributed by atoms with van der Waals surface area (Å²) in [6.45, 7) is 1.90. The first-order valence-corrected chi connectivity index (χ1v) is 9.66. The average Bonchev–Trinajstić information content (AvgIpc) is 3.10. The molecule has 3 aromatic rings. The van der Waals surface area contributed by atoms with Gasteiger partial charge in [0.1, 0.15) is 11.6 Å². The molecular weight excluding hydrogens is 342 g/mol. The number of methoxy groups -OCH3 is 1. The number of hydrogen-bond acceptors (Lipinski definition) is 7. The normalized spacial score (nSPS) is 18.6. The van der Waals surface area contributed by atoms with Gasteiger partial charge in [0.05, 0.1) is 7.11 Å². The molecule has 8 heteroatoms. The molecule has 0 radical (unpaired) electrons. The lowest BCUT2D eigenvalue weighted by Gasteiger charge is -2.32. The van der Waals surface area contributed by atoms with Gasteiger partial charge in [-0.1, -0.05) is 6.42 Å². The molecule has 1 aliphatic carbocycles. The van der Waals surface area contributed by atoms with Crippen molar-refractivity contribution in [2.75, 3.05) is 25.1 Å². The molecule has 8 nitrogen and oxygen atoms in total. The molecular formula is C19H23N7O. The highest BCUT2D eigenvalue weighted by Crippen LogP contribution is 2.35. The van der Waals surface area contributed by atoms with Gasteiger partial charge in [0.15, 0.2) is 11.5 Å². The van der Waals surface area contributed by atoms with Crippen molar-refractivity contribution in [3.63, 3.8) is 0 Å². The molecule has 3 aromatic heterocycles. The number of hydrogen-bond donors (Lipinski definition) is 0. The van der Waals surface area contributed by atoms with Crippen molar-refractivity contribution in [3.05, 3.63) is 36.0 Å². The lowest BCUT2D eigenvalue weighted by Crippen LogP contribution is -2.34. The maximum absolute atomic E-state index is 5.24. The molecule has 1 aliphatic heterocycles. The Kier molecular flexibility index (Phi) is 4.10. The minimum absolute atomic E-state index is 0.337. The van der Waals surface area contributed by atoms with Gasteiger partial charge in [0.2, 0.25) is 5.88 Å². The second-order valence-electron chi connectivity index (χ2n) is 7.37. The lowest BCUT2D eigenvalue weighted by molar-refractivity contribution is 0.386. The van der Waals surface area contributed by atoms with E-state index in [9.17, 15) is 0 Å². The zero-order valence-electron chi connectivity index (χ0n) is 15.5. The van der Waals surface area contributed by atoms with Gasteiger partial charge in [-0.25, -0.2) is 9.97 Å². The van der Waals surface area contributed by atoms with Gasteiger partial charge in [-0.05, 0) is 37.8 Å². The van der Waals surface area contributed by atoms with Crippen molar-refractivity contribution < 1.29 is 4.74 Å². The van der Waals surface area contributed by atoms with Crippen LogP contribution in [0, 0.1) is 0 Å². The molecule has 2 fully saturated rings. The monoisotopic (exact) mass is 365 g/mol. The Labute approximate surface area is 157 Å². The van der Waals surface area contributed by atoms with Crippen LogP contribution < -0.4 is 9.64 Å². The predicted molar refractivity (Wildman–Crippen MR) is 100 cm³/mol. The molecule has 5 rings (SSSR count). The zero-order valence-corrected chi connectivity index (χ0v) is 15.5. The molecule has 0 bridgehead atoms. The predicted octanol–water partition coefficient (Wildman–Crippen LogP) is 2.57. The number of aromatic nitrogens is 6. The van der Waals surface area contributed by atoms with Crippen molar-refractivity contribution in [2.45, 2.75) is 43.9 Å². The van der Waals surface area contributed by atoms with Gasteiger partial charge in [-0.3, -0.25) is 0 Å². The minimum atomic E-state index is 0.337. The summed E-state index contributed by atoms with van der Waals surface area (Å²) in [6.07, 6.45) is 7.66. The smallest absolute Gasteiger partial charge is 0.231 e. The first kappa shape index (κ1) is 16.4. The van der Waals surface area contributed by atoms with Gasteiger partial charge in [-0.15, -0.1) is 15.3 Å². The SMILES string of the molecule is COc1ccc2nnc(C3CCN(c4ccnc(C5CCC5)n4)CC3)n2n1. The van der Waals surface area contributed by atoms with Crippen LogP contribution in [0.2, 0.25) is 0 Å². The van der Waals surface area contributed by atoms with Crippen LogP contribution in [-0.4, -0.2) is 50.0 Å². The van der Waals surface area contributed by atoms with Crippen LogP contribution in [0.15, 0.2) is 24.4 Å². The van der Waals surface area contributed by atoms with Crippen molar-refractivity contribution in [3.8, 4) is 5.88 Å². The van der Waals surface area contributed by atoms with Crippen molar-refractivity contribution in [2.24, 2.45) is 0 Å². The first-order valence-electron chi connectivity index (χ1n) is 9.66. The molecule has 4 heterocycles. The van der Waals surface area contributed by atoms with Crippen LogP contribution >= 0.6 is 0 Å². The fourth-order valence-electron chi connectivity index (χ4n) is 3.92. The van der Waals surface area contributed by atoms with Crippen LogP contribution in [0.5, 0.6) is 5.88 Å². The second-order valence-corrected chi connectivity index (χ2v) is 7.37. The van der Waals surface area contributed by atoms with E-state index in [0.717, 1.165) is 49.0 Å². The Balaban J connectivity index is 1.32. The third kappa shape index (κ3) is 2.98. The van der Waals surface area contributed by atoms with E-state index in [0.29, 0.717) is 17.7 Å². The van der Waals surface area contributed by atoms with Crippen LogP contribution in [0.25, 0.3) is 5.65 Å². The van der Waals surface area contributed by atoms with E-state index in [1.807, 2.05) is 28.9 Å². The fourth-order valence-corrected chi connectivity index (χ4v) is 3.92. The third-order valence-electron chi connectivity index (χ3n) is 5.79. The number of nitrogens with zero attached hydrogens (tertiary/aromatic N) is 7. The Morgan fingerprint density at radius 1 is 1.00 bits per heavy atom. The topological polar surface area (TPSA) is 81.3 Å². The van der Waals surface area contributed by atoms with Crippen LogP contribution in [-0.2, 0) is 0 Å². The second kappa shape index (κ2) is 6.75. The first-order chi connectivity index (χ1) is 13.3. The number of rotatable bonds is 4. The highest BCUT2D eigenvalue weighted by atomic mass is 16.5. The maximum atomic E-state index is 5.24. The van der Waals surface area contributed by atoms with E-state index in [2.05, 4.69) is 25.2 Å². The van der Waals surface area contributed by atoms with Crippen molar-refractivity contribution in [1.29, 1.82) is 0 Å². The summed E-state index contributed by atoms with van der Waals surface area (Å²) in [5.74, 6) is 4.46. The molecule has 1 saturated carbocycles. The van der Waals surface area contributed by atoms with Gasteiger partial charge in [0, 0.05) is 37.2 Å². The Morgan fingerprint density at radius 3 is 2.59 bits per heavy atom. The molecule has 2 aliphatic rings. The molecule has 0 N–H and O–H groups in total. The lowest BCUT2D eigenvalue weighted by atomic mass is 9.85. The van der Waals surface area contributed by atoms with Gasteiger partial charge >= 0.3 is 0 Å². The third-order valence-corrected chi connectivity index (χ3v) is 5.79. The van der Waals surface area contributed by atoms with Crippen LogP contribution in [0.3, 0.4) is 0 Å². The van der Waals surface area contributed by atoms with Crippen LogP contribution in [0.1, 0.15) is 55.6 Å². The molecule has 0 atom stereocenters. The highest BCUT2D eigenvalue weighted by molar-refractivity contribution is 5.40. The minimum Gasteiger partial charge on any atom is -0.480 e. The summed E-state index contributed by atoms with van der Waals surface area (Å²) in [5.41, 5.74) is 0.758. The molecule has 140 valence electrons. The maximum Gasteiger partial charge on any atom is 0.231 e. The van der Waals surface area contributed by atoms with E-state index in [-0.39, 0.29) is 0 Å². The van der Waals surface area contributed by atoms with Gasteiger partial charge in [-0.2, -0.15) is 4.52 Å². The van der Waals surface area contributed by atoms with Crippen molar-refractivity contribution in [1.82, 2.24) is 29.8 Å². The number of piperidine rings is 1. The fraction of sp³-hybridized carbons (Fsp3) is 0.526. The summed E-state index contributed by atoms with van der Waals surface area (Å²) in [6, 6.07) is 5.73. The Bertz CT molecular complexity index is 944. The zero-order chi connectivity index (χ0) is 18.2. The Hall–Kier alpha value is -2.77. The largest absolute Gasteiger partial charge is 0.480 e. The molecule has 0 aromatic carbocycles. The van der Waals surface area contributed by atoms with E-state index in [4.69, 9.17) is 9.72 Å². The average molecular weight is 365 g/mol. The molecule has 27 heavy (non-hydrogen) atoms. The van der Waals surface area contributed by atoms with E-state index >= 15 is 0 Å². The van der Waals surface area contributed by atoms with Crippen molar-refractivity contribution >= 4 is 11.5 Å². The van der Waals surface area contributed by atoms with Gasteiger partial charge < -0.3 is 9.64 Å². The molecule has 0 spiro atoms. The highest BCUT2D eigenvalue weighted by Gasteiger charge is 2.27. The van der Waals surface area contributed by atoms with E-state index in [1.54, 1.807) is 7.11 Å². The summed E-state index contributed by atoms with van der Waals surface area (Å²) < 4.78 is 7.06. The number of ether oxygens (including phenoxy) is 1. The summed E-state index contributed by atoms with van der Waals surface area (Å²) >= 11 is 0. The molecule has 0 unspecified atom stereocenters. The number of fused-ring (bicyclic) bond motifs is 1. The standard InChI is InChI=1S/C19H23N7O/c1-27-17-6-5-16-22-23-19(26(16)24-17)14-8-11-25(12-9-14)15-7-10-20-18(21-15)13-3-2-4-13/h5-7,10,13-14H,2-4,8-9,11-12H2,1H3. The van der Waals surface area contributed by atoms with E-state index in [1.165, 1.54) is 19.3 Å². The van der Waals surface area contributed by atoms with Crippen LogP contribution in [0.4, 0.5) is 5.82 Å². The molecule has 1 saturated heterocycles. The van der Waals surface area contributed by atoms with Gasteiger partial charge in [0.25, 0.3) is 0 Å². The quantitative estimate of drug-likeness (QED) is 0.703. The molecule has 0 amide bonds.